The highest BCUT2D eigenvalue weighted by Crippen LogP contribution is 2.22. The number of methoxy groups -OCH3 is 1. The highest BCUT2D eigenvalue weighted by Gasteiger charge is 2.35. The fourth-order valence-corrected chi connectivity index (χ4v) is 3.43. The molecule has 0 spiro atoms. The molecule has 1 N–H and O–H groups in total. The molecular formula is C19H26N2O3. The Labute approximate surface area is 142 Å². The summed E-state index contributed by atoms with van der Waals surface area (Å²) in [7, 11) is 1.66. The Morgan fingerprint density at radius 3 is 3.04 bits per heavy atom. The van der Waals surface area contributed by atoms with Crippen LogP contribution in [0.5, 0.6) is 0 Å². The average Bonchev–Trinajstić information content (AvgIpc) is 2.99. The number of benzene rings is 1. The molecule has 1 aromatic heterocycles. The van der Waals surface area contributed by atoms with Gasteiger partial charge in [0.15, 0.2) is 0 Å². The van der Waals surface area contributed by atoms with Gasteiger partial charge < -0.3 is 19.4 Å². The minimum absolute atomic E-state index is 0.0566. The van der Waals surface area contributed by atoms with Crippen LogP contribution in [0.25, 0.3) is 10.9 Å². The summed E-state index contributed by atoms with van der Waals surface area (Å²) in [5.74, 6) is 0.182. The summed E-state index contributed by atoms with van der Waals surface area (Å²) in [5, 5.41) is 1.19. The van der Waals surface area contributed by atoms with Crippen LogP contribution in [0.4, 0.5) is 0 Å². The number of aromatic amines is 1. The standard InChI is InChI=1S/C19H26N2O3/c1-19(2)13-21(11-16(24-19)12-23-3)18(22)7-5-14-4-6-17-15(10-14)8-9-20-17/h4,6,8-10,16,20H,5,7,11-13H2,1-3H3/t16-/m0/s1. The van der Waals surface area contributed by atoms with Crippen molar-refractivity contribution < 1.29 is 14.3 Å². The number of hydrogen-bond donors (Lipinski definition) is 1. The highest BCUT2D eigenvalue weighted by molar-refractivity contribution is 5.80. The highest BCUT2D eigenvalue weighted by atomic mass is 16.5. The molecule has 2 aromatic rings. The van der Waals surface area contributed by atoms with E-state index in [1.54, 1.807) is 7.11 Å². The van der Waals surface area contributed by atoms with Crippen molar-refractivity contribution in [3.8, 4) is 0 Å². The first-order chi connectivity index (χ1) is 11.5. The second kappa shape index (κ2) is 6.95. The number of hydrogen-bond acceptors (Lipinski definition) is 3. The number of aromatic nitrogens is 1. The van der Waals surface area contributed by atoms with Crippen molar-refractivity contribution in [1.82, 2.24) is 9.88 Å². The number of aryl methyl sites for hydroxylation is 1. The van der Waals surface area contributed by atoms with Crippen molar-refractivity contribution in [1.29, 1.82) is 0 Å². The van der Waals surface area contributed by atoms with E-state index < -0.39 is 0 Å². The van der Waals surface area contributed by atoms with Crippen LogP contribution >= 0.6 is 0 Å². The van der Waals surface area contributed by atoms with Crippen molar-refractivity contribution >= 4 is 16.8 Å². The summed E-state index contributed by atoms with van der Waals surface area (Å²) >= 11 is 0. The molecule has 5 heteroatoms. The van der Waals surface area contributed by atoms with Gasteiger partial charge in [-0.25, -0.2) is 0 Å². The van der Waals surface area contributed by atoms with Crippen LogP contribution in [0.1, 0.15) is 25.8 Å². The van der Waals surface area contributed by atoms with Crippen molar-refractivity contribution in [2.75, 3.05) is 26.8 Å². The Hall–Kier alpha value is -1.85. The molecular weight excluding hydrogens is 304 g/mol. The summed E-state index contributed by atoms with van der Waals surface area (Å²) < 4.78 is 11.2. The maximum atomic E-state index is 12.6. The summed E-state index contributed by atoms with van der Waals surface area (Å²) in [6, 6.07) is 8.36. The van der Waals surface area contributed by atoms with Crippen LogP contribution in [-0.4, -0.2) is 54.3 Å². The normalized spacial score (nSPS) is 20.5. The van der Waals surface area contributed by atoms with Gasteiger partial charge in [0.1, 0.15) is 0 Å². The van der Waals surface area contributed by atoms with Gasteiger partial charge in [-0.2, -0.15) is 0 Å². The molecule has 1 fully saturated rings. The number of ether oxygens (including phenoxy) is 2. The second-order valence-electron chi connectivity index (χ2n) is 7.13. The molecule has 1 amide bonds. The third-order valence-electron chi connectivity index (χ3n) is 4.43. The summed E-state index contributed by atoms with van der Waals surface area (Å²) in [4.78, 5) is 17.8. The lowest BCUT2D eigenvalue weighted by Crippen LogP contribution is -2.55. The Morgan fingerprint density at radius 2 is 2.25 bits per heavy atom. The third-order valence-corrected chi connectivity index (χ3v) is 4.43. The number of fused-ring (bicyclic) bond motifs is 1. The molecule has 1 atom stereocenters. The number of rotatable bonds is 5. The minimum atomic E-state index is -0.332. The average molecular weight is 330 g/mol. The predicted octanol–water partition coefficient (Wildman–Crippen LogP) is 2.75. The monoisotopic (exact) mass is 330 g/mol. The summed E-state index contributed by atoms with van der Waals surface area (Å²) in [5.41, 5.74) is 1.99. The smallest absolute Gasteiger partial charge is 0.223 e. The number of amides is 1. The molecule has 0 bridgehead atoms. The Morgan fingerprint density at radius 1 is 1.42 bits per heavy atom. The second-order valence-corrected chi connectivity index (χ2v) is 7.13. The van der Waals surface area contributed by atoms with Crippen LogP contribution in [0, 0.1) is 0 Å². The first-order valence-corrected chi connectivity index (χ1v) is 8.47. The van der Waals surface area contributed by atoms with Gasteiger partial charge in [0.2, 0.25) is 5.91 Å². The molecule has 0 aliphatic carbocycles. The molecule has 2 heterocycles. The maximum Gasteiger partial charge on any atom is 0.223 e. The summed E-state index contributed by atoms with van der Waals surface area (Å²) in [6.07, 6.45) is 3.16. The Kier molecular flexibility index (Phi) is 4.92. The molecule has 24 heavy (non-hydrogen) atoms. The molecule has 1 saturated heterocycles. The van der Waals surface area contributed by atoms with Crippen molar-refractivity contribution in [2.45, 2.75) is 38.4 Å². The number of nitrogens with one attached hydrogen (secondary N) is 1. The van der Waals surface area contributed by atoms with Gasteiger partial charge in [0.25, 0.3) is 0 Å². The molecule has 1 aliphatic rings. The topological polar surface area (TPSA) is 54.6 Å². The Balaban J connectivity index is 1.60. The van der Waals surface area contributed by atoms with E-state index >= 15 is 0 Å². The number of H-pyrrole nitrogens is 1. The number of nitrogens with zero attached hydrogens (tertiary/aromatic N) is 1. The predicted molar refractivity (Wildman–Crippen MR) is 94.0 cm³/mol. The van der Waals surface area contributed by atoms with Crippen LogP contribution in [0.15, 0.2) is 30.5 Å². The lowest BCUT2D eigenvalue weighted by atomic mass is 10.0. The molecule has 0 saturated carbocycles. The van der Waals surface area contributed by atoms with Gasteiger partial charge in [-0.1, -0.05) is 6.07 Å². The fraction of sp³-hybridized carbons (Fsp3) is 0.526. The molecule has 0 radical (unpaired) electrons. The molecule has 3 rings (SSSR count). The quantitative estimate of drug-likeness (QED) is 0.917. The van der Waals surface area contributed by atoms with Gasteiger partial charge in [-0.15, -0.1) is 0 Å². The first kappa shape index (κ1) is 17.0. The van der Waals surface area contributed by atoms with Crippen molar-refractivity contribution in [3.63, 3.8) is 0 Å². The van der Waals surface area contributed by atoms with E-state index in [9.17, 15) is 4.79 Å². The molecule has 130 valence electrons. The molecule has 0 unspecified atom stereocenters. The molecule has 5 nitrogen and oxygen atoms in total. The zero-order valence-electron chi connectivity index (χ0n) is 14.7. The first-order valence-electron chi connectivity index (χ1n) is 8.47. The van der Waals surface area contributed by atoms with Gasteiger partial charge >= 0.3 is 0 Å². The van der Waals surface area contributed by atoms with E-state index in [1.165, 1.54) is 10.9 Å². The van der Waals surface area contributed by atoms with Crippen LogP contribution in [0.2, 0.25) is 0 Å². The zero-order valence-corrected chi connectivity index (χ0v) is 14.7. The van der Waals surface area contributed by atoms with Crippen LogP contribution in [-0.2, 0) is 20.7 Å². The number of carbonyl (C=O) groups is 1. The van der Waals surface area contributed by atoms with Crippen LogP contribution < -0.4 is 0 Å². The van der Waals surface area contributed by atoms with Gasteiger partial charge in [0.05, 0.1) is 18.3 Å². The minimum Gasteiger partial charge on any atom is -0.382 e. The summed E-state index contributed by atoms with van der Waals surface area (Å²) in [6.45, 7) is 5.79. The Bertz CT molecular complexity index is 707. The van der Waals surface area contributed by atoms with Gasteiger partial charge in [-0.05, 0) is 49.4 Å². The molecule has 1 aliphatic heterocycles. The van der Waals surface area contributed by atoms with Crippen molar-refractivity contribution in [3.05, 3.63) is 36.0 Å². The third kappa shape index (κ3) is 3.97. The van der Waals surface area contributed by atoms with Gasteiger partial charge in [-0.3, -0.25) is 4.79 Å². The number of carbonyl (C=O) groups excluding carboxylic acids is 1. The zero-order chi connectivity index (χ0) is 17.2. The van der Waals surface area contributed by atoms with Crippen LogP contribution in [0.3, 0.4) is 0 Å². The van der Waals surface area contributed by atoms with E-state index in [2.05, 4.69) is 29.2 Å². The number of morpholine rings is 1. The maximum absolute atomic E-state index is 12.6. The van der Waals surface area contributed by atoms with Gasteiger partial charge in [0, 0.05) is 38.3 Å². The lowest BCUT2D eigenvalue weighted by molar-refractivity contribution is -0.168. The van der Waals surface area contributed by atoms with E-state index in [1.807, 2.05) is 24.9 Å². The van der Waals surface area contributed by atoms with E-state index in [-0.39, 0.29) is 17.6 Å². The van der Waals surface area contributed by atoms with Crippen molar-refractivity contribution in [2.24, 2.45) is 0 Å². The molecule has 1 aromatic carbocycles. The van der Waals surface area contributed by atoms with E-state index in [0.717, 1.165) is 11.9 Å². The SMILES string of the molecule is COC[C@@H]1CN(C(=O)CCc2ccc3[nH]ccc3c2)CC(C)(C)O1. The van der Waals surface area contributed by atoms with E-state index in [0.29, 0.717) is 26.1 Å². The van der Waals surface area contributed by atoms with E-state index in [4.69, 9.17) is 9.47 Å². The largest absolute Gasteiger partial charge is 0.382 e. The fourth-order valence-electron chi connectivity index (χ4n) is 3.43. The lowest BCUT2D eigenvalue weighted by Gasteiger charge is -2.42.